The highest BCUT2D eigenvalue weighted by Crippen LogP contribution is 2.41. The van der Waals surface area contributed by atoms with Crippen LogP contribution in [0.15, 0.2) is 41.6 Å². The summed E-state index contributed by atoms with van der Waals surface area (Å²) >= 11 is 0. The molecule has 0 bridgehead atoms. The summed E-state index contributed by atoms with van der Waals surface area (Å²) in [5.41, 5.74) is -3.68. The summed E-state index contributed by atoms with van der Waals surface area (Å²) in [6.07, 6.45) is -5.91. The monoisotopic (exact) mass is 1210 g/mol. The average molecular weight is 1210 g/mol. The van der Waals surface area contributed by atoms with Gasteiger partial charge < -0.3 is 88.1 Å². The third kappa shape index (κ3) is 20.7. The van der Waals surface area contributed by atoms with Crippen LogP contribution in [-0.4, -0.2) is 204 Å². The van der Waals surface area contributed by atoms with E-state index in [1.807, 2.05) is 83.1 Å². The molecule has 0 spiro atoms. The second-order valence-electron chi connectivity index (χ2n) is 24.4. The first kappa shape index (κ1) is 75.1. The number of rotatable bonds is 21. The van der Waals surface area contributed by atoms with Crippen molar-refractivity contribution in [2.24, 2.45) is 34.7 Å². The van der Waals surface area contributed by atoms with E-state index >= 15 is 0 Å². The molecule has 22 heteroatoms. The van der Waals surface area contributed by atoms with Crippen molar-refractivity contribution in [2.45, 2.75) is 232 Å². The molecular weight excluding hydrogens is 1100 g/mol. The van der Waals surface area contributed by atoms with Gasteiger partial charge in [-0.3, -0.25) is 14.4 Å². The fraction of sp³-hybridized carbons (Fsp3) is 0.778. The van der Waals surface area contributed by atoms with Gasteiger partial charge in [0.1, 0.15) is 29.7 Å². The average Bonchev–Trinajstić information content (AvgIpc) is 2.62. The Bertz CT molecular complexity index is 2370. The molecule has 0 aromatic heterocycles. The Labute approximate surface area is 504 Å². The van der Waals surface area contributed by atoms with Crippen LogP contribution in [0.4, 0.5) is 0 Å². The first-order valence-electron chi connectivity index (χ1n) is 30.1. The van der Waals surface area contributed by atoms with Crippen LogP contribution in [0.2, 0.25) is 0 Å². The molecule has 3 saturated heterocycles. The van der Waals surface area contributed by atoms with Gasteiger partial charge in [-0.2, -0.15) is 0 Å². The fourth-order valence-corrected chi connectivity index (χ4v) is 11.8. The minimum Gasteiger partial charge on any atom is -0.497 e. The van der Waals surface area contributed by atoms with E-state index in [9.17, 15) is 39.9 Å². The molecule has 5 rings (SSSR count). The van der Waals surface area contributed by atoms with Gasteiger partial charge in [0.05, 0.1) is 85.5 Å². The van der Waals surface area contributed by atoms with E-state index < -0.39 is 120 Å². The maximum absolute atomic E-state index is 14.3. The molecular formula is C63H106N2O20. The zero-order valence-corrected chi connectivity index (χ0v) is 53.9. The Morgan fingerprint density at radius 1 is 0.812 bits per heavy atom. The van der Waals surface area contributed by atoms with Gasteiger partial charge in [0.25, 0.3) is 0 Å². The Balaban J connectivity index is 0.000000567. The Morgan fingerprint density at radius 2 is 1.44 bits per heavy atom. The third-order valence-electron chi connectivity index (χ3n) is 17.2. The number of carboxylic acid groups (broad SMARTS) is 2. The van der Waals surface area contributed by atoms with Crippen molar-refractivity contribution in [1.82, 2.24) is 4.90 Å². The zero-order valence-electron chi connectivity index (χ0n) is 53.9. The number of methoxy groups -OCH3 is 3. The first-order valence-corrected chi connectivity index (χ1v) is 30.1. The van der Waals surface area contributed by atoms with Crippen molar-refractivity contribution < 1.29 is 97.6 Å². The Kier molecular flexibility index (Phi) is 30.5. The molecule has 3 heterocycles. The summed E-state index contributed by atoms with van der Waals surface area (Å²) in [5.74, 6) is -5.37. The van der Waals surface area contributed by atoms with Gasteiger partial charge in [-0.05, 0) is 123 Å². The molecule has 7 N–H and O–H groups in total. The predicted octanol–water partition coefficient (Wildman–Crippen LogP) is 7.53. The highest BCUT2D eigenvalue weighted by molar-refractivity contribution is 5.89. The van der Waals surface area contributed by atoms with Crippen LogP contribution in [0.5, 0.6) is 5.75 Å². The Morgan fingerprint density at radius 3 is 1.99 bits per heavy atom. The van der Waals surface area contributed by atoms with Crippen LogP contribution < -0.4 is 4.74 Å². The molecule has 0 amide bonds. The number of aliphatic carboxylic acids is 2. The predicted molar refractivity (Wildman–Crippen MR) is 320 cm³/mol. The van der Waals surface area contributed by atoms with Gasteiger partial charge in [-0.1, -0.05) is 83.8 Å². The van der Waals surface area contributed by atoms with Crippen LogP contribution in [0, 0.1) is 29.6 Å². The standard InChI is InChI=1S/C41H76N2O15.C14H14O3.C8H16O2/c1-15-29-41(10,49)34(45)24(4)31(42-53-21-52-17-16-50-13)22(2)19-39(8,48)36(58-38-32(44)28(43(11)12)18-23(3)54-38)25(5)33(26(6)37(47)56-29)57-30-20-40(9,51-14)35(46)27(7)55-30;1-9(14(15)16)10-3-4-12-8-13(17-2)6-5-11(12)7-10;1-3-5-7(6-4-2)8(9)10/h22-30,32-36,38,44-46,48-49H,15-21H2,1-14H3;3-9H,1-2H3,(H,15,16);7H,3-6H2,1-2H3,(H,9,10)/b42-31+;;/t22-,23-,24+,25+,26-,27+,28+,29-,30+,32-,33+,34-,35+,36-,38+,39-,40-,41-;9-;/m10./s1. The summed E-state index contributed by atoms with van der Waals surface area (Å²) in [4.78, 5) is 43.2. The van der Waals surface area contributed by atoms with Crippen LogP contribution >= 0.6 is 0 Å². The zero-order chi connectivity index (χ0) is 64.3. The number of aliphatic hydroxyl groups excluding tert-OH is 3. The van der Waals surface area contributed by atoms with Crippen molar-refractivity contribution >= 4 is 34.4 Å². The topological polar surface area (TPSA) is 301 Å². The van der Waals surface area contributed by atoms with Crippen molar-refractivity contribution in [3.05, 3.63) is 42.0 Å². The number of cyclic esters (lactones) is 1. The van der Waals surface area contributed by atoms with Crippen LogP contribution in [0.1, 0.15) is 153 Å². The molecule has 19 atom stereocenters. The molecule has 2 aromatic carbocycles. The summed E-state index contributed by atoms with van der Waals surface area (Å²) in [6, 6.07) is 11.1. The van der Waals surface area contributed by atoms with Gasteiger partial charge in [0.15, 0.2) is 12.6 Å². The van der Waals surface area contributed by atoms with Gasteiger partial charge in [0, 0.05) is 44.4 Å². The number of nitrogens with zero attached hydrogens (tertiary/aromatic N) is 2. The number of carbonyl (C=O) groups is 3. The molecule has 488 valence electrons. The van der Waals surface area contributed by atoms with E-state index in [0.29, 0.717) is 18.7 Å². The van der Waals surface area contributed by atoms with Gasteiger partial charge in [-0.15, -0.1) is 0 Å². The van der Waals surface area contributed by atoms with Crippen molar-refractivity contribution in [3.8, 4) is 5.75 Å². The van der Waals surface area contributed by atoms with E-state index in [0.717, 1.165) is 47.8 Å². The second kappa shape index (κ2) is 34.6. The molecule has 3 aliphatic heterocycles. The minimum atomic E-state index is -1.97. The number of fused-ring (bicyclic) bond motifs is 1. The van der Waals surface area contributed by atoms with Gasteiger partial charge in [0.2, 0.25) is 6.79 Å². The lowest BCUT2D eigenvalue weighted by Crippen LogP contribution is -2.61. The number of hydrogen-bond acceptors (Lipinski definition) is 20. The van der Waals surface area contributed by atoms with Crippen molar-refractivity contribution in [1.29, 1.82) is 0 Å². The number of aliphatic hydroxyl groups is 5. The molecule has 22 nitrogen and oxygen atoms in total. The van der Waals surface area contributed by atoms with E-state index in [2.05, 4.69) is 5.16 Å². The number of ether oxygens (including phenoxy) is 9. The van der Waals surface area contributed by atoms with Gasteiger partial charge >= 0.3 is 17.9 Å². The lowest BCUT2D eigenvalue weighted by Gasteiger charge is -2.49. The van der Waals surface area contributed by atoms with Crippen LogP contribution in [-0.2, 0) is 57.1 Å². The third-order valence-corrected chi connectivity index (χ3v) is 17.2. The maximum atomic E-state index is 14.3. The number of oxime groups is 1. The number of hydrogen-bond donors (Lipinski definition) is 7. The summed E-state index contributed by atoms with van der Waals surface area (Å²) in [5, 5.41) is 83.2. The fourth-order valence-electron chi connectivity index (χ4n) is 11.8. The van der Waals surface area contributed by atoms with E-state index in [1.165, 1.54) is 14.0 Å². The van der Waals surface area contributed by atoms with Gasteiger partial charge in [-0.25, -0.2) is 0 Å². The van der Waals surface area contributed by atoms with E-state index in [4.69, 9.17) is 57.7 Å². The molecule has 3 fully saturated rings. The van der Waals surface area contributed by atoms with Crippen LogP contribution in [0.3, 0.4) is 0 Å². The Hall–Kier alpha value is -4.14. The summed E-state index contributed by atoms with van der Waals surface area (Å²) < 4.78 is 53.3. The van der Waals surface area contributed by atoms with Crippen molar-refractivity contribution in [2.75, 3.05) is 55.4 Å². The molecule has 85 heavy (non-hydrogen) atoms. The van der Waals surface area contributed by atoms with E-state index in [-0.39, 0.29) is 50.7 Å². The second-order valence-corrected chi connectivity index (χ2v) is 24.4. The number of carbonyl (C=O) groups excluding carboxylic acids is 1. The normalized spacial score (nSPS) is 35.0. The molecule has 0 saturated carbocycles. The lowest BCUT2D eigenvalue weighted by atomic mass is 9.73. The smallest absolute Gasteiger partial charge is 0.311 e. The lowest BCUT2D eigenvalue weighted by molar-refractivity contribution is -0.317. The highest BCUT2D eigenvalue weighted by atomic mass is 16.7. The van der Waals surface area contributed by atoms with Crippen LogP contribution in [0.25, 0.3) is 10.8 Å². The number of esters is 1. The molecule has 0 unspecified atom stereocenters. The van der Waals surface area contributed by atoms with Crippen molar-refractivity contribution in [3.63, 3.8) is 0 Å². The molecule has 0 radical (unpaired) electrons. The summed E-state index contributed by atoms with van der Waals surface area (Å²) in [6.45, 7) is 23.0. The maximum Gasteiger partial charge on any atom is 0.311 e. The SMILES string of the molecule is CCCC(CCC)C(=O)O.CC[C@H]1OC(=O)[C@H](C)[C@@H](O[C@H]2C[C@@](C)(OC)[C@@H](O)[C@H](C)O2)[C@H](C)[C@@H](O[C@@H]2O[C@H](C)C[C@H](N(C)C)[C@H]2O)[C@](C)(O)C[C@@H](C)/C(=N\OCOCCOC)[C@H](C)[C@@H](O)[C@]1(C)O.COc1ccc2cc([C@H](C)C(=O)O)ccc2c1. The molecule has 0 aliphatic carbocycles. The number of carboxylic acids is 2. The quantitative estimate of drug-likeness (QED) is 0.0275. The largest absolute Gasteiger partial charge is 0.497 e. The highest BCUT2D eigenvalue weighted by Gasteiger charge is 2.53. The van der Waals surface area contributed by atoms with E-state index in [1.54, 1.807) is 69.6 Å². The number of likely N-dealkylation sites (N-methyl/N-ethyl adjacent to an activating group) is 1. The number of benzene rings is 2. The molecule has 2 aromatic rings. The minimum absolute atomic E-state index is 0.0307. The molecule has 3 aliphatic rings. The first-order chi connectivity index (χ1) is 39.8. The summed E-state index contributed by atoms with van der Waals surface area (Å²) in [7, 11) is 8.39.